The number of aryl methyl sites for hydroxylation is 1. The molecule has 0 fully saturated rings. The number of methoxy groups -OCH3 is 1. The largest absolute Gasteiger partial charge is 0.383 e. The van der Waals surface area contributed by atoms with Gasteiger partial charge in [0.15, 0.2) is 5.82 Å². The van der Waals surface area contributed by atoms with Crippen molar-refractivity contribution in [2.45, 2.75) is 13.5 Å². The average Bonchev–Trinajstić information content (AvgIpc) is 2.88. The van der Waals surface area contributed by atoms with E-state index in [2.05, 4.69) is 20.3 Å². The molecule has 6 heteroatoms. The van der Waals surface area contributed by atoms with Crippen molar-refractivity contribution in [3.8, 4) is 10.7 Å². The van der Waals surface area contributed by atoms with Crippen LogP contribution in [0.3, 0.4) is 0 Å². The molecule has 0 atom stereocenters. The van der Waals surface area contributed by atoms with Crippen molar-refractivity contribution in [3.05, 3.63) is 29.2 Å². The molecule has 0 unspecified atom stereocenters. The van der Waals surface area contributed by atoms with Crippen LogP contribution in [0.5, 0.6) is 0 Å². The maximum atomic E-state index is 4.98. The molecule has 0 radical (unpaired) electrons. The van der Waals surface area contributed by atoms with Crippen LogP contribution in [0.2, 0.25) is 0 Å². The number of ether oxygens (including phenoxy) is 1. The first-order chi connectivity index (χ1) is 8.79. The van der Waals surface area contributed by atoms with Crippen molar-refractivity contribution >= 4 is 11.3 Å². The van der Waals surface area contributed by atoms with E-state index in [0.29, 0.717) is 6.61 Å². The van der Waals surface area contributed by atoms with Crippen LogP contribution in [0.15, 0.2) is 17.8 Å². The third-order valence-electron chi connectivity index (χ3n) is 2.35. The number of nitrogens with zero attached hydrogens (tertiary/aromatic N) is 3. The van der Waals surface area contributed by atoms with Crippen LogP contribution in [0.4, 0.5) is 0 Å². The highest BCUT2D eigenvalue weighted by atomic mass is 32.1. The first kappa shape index (κ1) is 13.1. The van der Waals surface area contributed by atoms with Crippen molar-refractivity contribution in [3.63, 3.8) is 0 Å². The Kier molecular flexibility index (Phi) is 4.74. The summed E-state index contributed by atoms with van der Waals surface area (Å²) in [6.45, 7) is 4.21. The fourth-order valence-corrected chi connectivity index (χ4v) is 2.11. The van der Waals surface area contributed by atoms with Crippen LogP contribution in [-0.4, -0.2) is 35.2 Å². The first-order valence-electron chi connectivity index (χ1n) is 5.72. The predicted molar refractivity (Wildman–Crippen MR) is 71.5 cm³/mol. The number of thiazole rings is 1. The molecule has 2 heterocycles. The van der Waals surface area contributed by atoms with E-state index in [9.17, 15) is 0 Å². The molecule has 2 rings (SSSR count). The van der Waals surface area contributed by atoms with E-state index >= 15 is 0 Å². The molecule has 0 amide bonds. The van der Waals surface area contributed by atoms with Crippen LogP contribution in [0.25, 0.3) is 10.7 Å². The van der Waals surface area contributed by atoms with Gasteiger partial charge in [-0.05, 0) is 13.0 Å². The summed E-state index contributed by atoms with van der Waals surface area (Å²) >= 11 is 1.55. The quantitative estimate of drug-likeness (QED) is 0.804. The molecule has 96 valence electrons. The molecule has 2 aromatic heterocycles. The molecule has 0 aliphatic rings. The molecular weight excluding hydrogens is 248 g/mol. The molecule has 0 aromatic carbocycles. The van der Waals surface area contributed by atoms with Crippen molar-refractivity contribution < 1.29 is 4.74 Å². The molecule has 0 saturated heterocycles. The minimum Gasteiger partial charge on any atom is -0.383 e. The molecule has 0 spiro atoms. The predicted octanol–water partition coefficient (Wildman–Crippen LogP) is 1.64. The number of aromatic nitrogens is 3. The van der Waals surface area contributed by atoms with Gasteiger partial charge >= 0.3 is 0 Å². The van der Waals surface area contributed by atoms with Gasteiger partial charge < -0.3 is 10.1 Å². The Morgan fingerprint density at radius 1 is 1.39 bits per heavy atom. The summed E-state index contributed by atoms with van der Waals surface area (Å²) in [4.78, 5) is 14.0. The van der Waals surface area contributed by atoms with Crippen LogP contribution in [-0.2, 0) is 11.3 Å². The zero-order chi connectivity index (χ0) is 12.8. The number of nitrogens with one attached hydrogen (secondary N) is 1. The van der Waals surface area contributed by atoms with Crippen molar-refractivity contribution in [1.82, 2.24) is 20.3 Å². The smallest absolute Gasteiger partial charge is 0.171 e. The fourth-order valence-electron chi connectivity index (χ4n) is 1.55. The number of hydrogen-bond donors (Lipinski definition) is 1. The van der Waals surface area contributed by atoms with Gasteiger partial charge in [0.2, 0.25) is 0 Å². The van der Waals surface area contributed by atoms with Crippen LogP contribution >= 0.6 is 11.3 Å². The number of hydrogen-bond acceptors (Lipinski definition) is 6. The van der Waals surface area contributed by atoms with E-state index in [4.69, 9.17) is 4.74 Å². The van der Waals surface area contributed by atoms with Gasteiger partial charge in [0.1, 0.15) is 0 Å². The summed E-state index contributed by atoms with van der Waals surface area (Å²) in [5, 5.41) is 3.27. The third kappa shape index (κ3) is 3.56. The Hall–Kier alpha value is -1.37. The molecule has 2 aromatic rings. The van der Waals surface area contributed by atoms with Gasteiger partial charge in [0, 0.05) is 32.1 Å². The second kappa shape index (κ2) is 6.53. The summed E-state index contributed by atoms with van der Waals surface area (Å²) in [5.41, 5.74) is 3.75. The monoisotopic (exact) mass is 264 g/mol. The highest BCUT2D eigenvalue weighted by Crippen LogP contribution is 2.19. The topological polar surface area (TPSA) is 59.9 Å². The molecule has 1 N–H and O–H groups in total. The van der Waals surface area contributed by atoms with Gasteiger partial charge in [-0.3, -0.25) is 4.98 Å². The minimum absolute atomic E-state index is 0.700. The number of rotatable bonds is 6. The Bertz CT molecular complexity index is 487. The summed E-state index contributed by atoms with van der Waals surface area (Å²) in [5.74, 6) is 0.751. The van der Waals surface area contributed by atoms with Gasteiger partial charge in [-0.1, -0.05) is 0 Å². The normalized spacial score (nSPS) is 10.8. The molecule has 0 saturated carbocycles. The summed E-state index contributed by atoms with van der Waals surface area (Å²) < 4.78 is 4.98. The lowest BCUT2D eigenvalue weighted by Gasteiger charge is -2.06. The van der Waals surface area contributed by atoms with Gasteiger partial charge in [-0.2, -0.15) is 0 Å². The zero-order valence-electron chi connectivity index (χ0n) is 10.5. The van der Waals surface area contributed by atoms with Crippen molar-refractivity contribution in [1.29, 1.82) is 0 Å². The molecular formula is C12H16N4OS. The van der Waals surface area contributed by atoms with Crippen LogP contribution in [0.1, 0.15) is 11.4 Å². The summed E-state index contributed by atoms with van der Waals surface area (Å²) in [7, 11) is 1.69. The van der Waals surface area contributed by atoms with E-state index in [1.54, 1.807) is 30.2 Å². The van der Waals surface area contributed by atoms with E-state index in [1.807, 2.05) is 13.0 Å². The maximum absolute atomic E-state index is 4.98. The van der Waals surface area contributed by atoms with E-state index < -0.39 is 0 Å². The zero-order valence-corrected chi connectivity index (χ0v) is 11.3. The third-order valence-corrected chi connectivity index (χ3v) is 3.12. The van der Waals surface area contributed by atoms with Crippen molar-refractivity contribution in [2.24, 2.45) is 0 Å². The highest BCUT2D eigenvalue weighted by Gasteiger charge is 2.06. The van der Waals surface area contributed by atoms with Gasteiger partial charge in [-0.25, -0.2) is 9.97 Å². The molecule has 0 aliphatic carbocycles. The van der Waals surface area contributed by atoms with Gasteiger partial charge in [0.05, 0.1) is 22.7 Å². The average molecular weight is 264 g/mol. The Morgan fingerprint density at radius 2 is 2.28 bits per heavy atom. The van der Waals surface area contributed by atoms with E-state index in [-0.39, 0.29) is 0 Å². The molecule has 0 bridgehead atoms. The maximum Gasteiger partial charge on any atom is 0.171 e. The molecule has 0 aliphatic heterocycles. The van der Waals surface area contributed by atoms with Gasteiger partial charge in [-0.15, -0.1) is 11.3 Å². The lowest BCUT2D eigenvalue weighted by molar-refractivity contribution is 0.199. The SMILES string of the molecule is COCCNCc1cc(C)nc(-c2cncs2)n1. The lowest BCUT2D eigenvalue weighted by Crippen LogP contribution is -2.19. The molecule has 5 nitrogen and oxygen atoms in total. The van der Waals surface area contributed by atoms with E-state index in [0.717, 1.165) is 35.2 Å². The standard InChI is InChI=1S/C12H16N4OS/c1-9-5-10(6-13-3-4-17-2)16-12(15-9)11-7-14-8-18-11/h5,7-8,13H,3-4,6H2,1-2H3. The minimum atomic E-state index is 0.700. The Balaban J connectivity index is 2.07. The highest BCUT2D eigenvalue weighted by molar-refractivity contribution is 7.13. The second-order valence-electron chi connectivity index (χ2n) is 3.86. The lowest BCUT2D eigenvalue weighted by atomic mass is 10.3. The molecule has 18 heavy (non-hydrogen) atoms. The van der Waals surface area contributed by atoms with Crippen molar-refractivity contribution in [2.75, 3.05) is 20.3 Å². The first-order valence-corrected chi connectivity index (χ1v) is 6.60. The Labute approximate surface area is 110 Å². The van der Waals surface area contributed by atoms with Crippen LogP contribution in [0, 0.1) is 6.92 Å². The fraction of sp³-hybridized carbons (Fsp3) is 0.417. The summed E-state index contributed by atoms with van der Waals surface area (Å²) in [6, 6.07) is 1.99. The van der Waals surface area contributed by atoms with E-state index in [1.165, 1.54) is 0 Å². The van der Waals surface area contributed by atoms with Crippen LogP contribution < -0.4 is 5.32 Å². The second-order valence-corrected chi connectivity index (χ2v) is 4.75. The Morgan fingerprint density at radius 3 is 3.00 bits per heavy atom. The van der Waals surface area contributed by atoms with Gasteiger partial charge in [0.25, 0.3) is 0 Å². The summed E-state index contributed by atoms with van der Waals surface area (Å²) in [6.07, 6.45) is 1.79.